The molecule has 2 fully saturated rings. The molecular weight excluding hydrogens is 703 g/mol. The van der Waals surface area contributed by atoms with Gasteiger partial charge in [0, 0.05) is 12.4 Å². The Kier molecular flexibility index (Phi) is 12.9. The number of rotatable bonds is 13. The largest absolute Gasteiger partial charge is 0.342 e. The number of nitrogens with one attached hydrogen (secondary N) is 4. The van der Waals surface area contributed by atoms with Gasteiger partial charge in [-0.15, -0.1) is 23.5 Å². The molecule has 2 aliphatic heterocycles. The van der Waals surface area contributed by atoms with Crippen molar-refractivity contribution in [3.05, 3.63) is 47.7 Å². The molecule has 3 atom stereocenters. The number of thioether (sulfide) groups is 2. The van der Waals surface area contributed by atoms with Gasteiger partial charge in [0.1, 0.15) is 27.6 Å². The Morgan fingerprint density at radius 3 is 2.23 bits per heavy atom. The molecular formula is C37H51N7O6S2. The summed E-state index contributed by atoms with van der Waals surface area (Å²) in [6, 6.07) is -3.33. The van der Waals surface area contributed by atoms with E-state index in [1.165, 1.54) is 23.5 Å². The second-order valence-corrected chi connectivity index (χ2v) is 18.1. The lowest BCUT2D eigenvalue weighted by Gasteiger charge is -2.38. The van der Waals surface area contributed by atoms with Crippen LogP contribution in [0.4, 0.5) is 0 Å². The van der Waals surface area contributed by atoms with E-state index >= 15 is 0 Å². The summed E-state index contributed by atoms with van der Waals surface area (Å²) in [6.07, 6.45) is 13.9. The van der Waals surface area contributed by atoms with Crippen LogP contribution in [0.15, 0.2) is 42.0 Å². The standard InChI is InChI=1S/C37H51N7O6S2/c1-6-11-25(29(45)34(49)40-24-14-15-24)41-33(48)28-22(2)37(51-18-10-19-52-37)21-44(28)35(50)30(36(3,4)5)43-32(47)27(23-12-8-7-9-13-23)42-31(46)26-20-38-16-17-39-26/h14-17,20,23-25,27,30H,6-13,18-19,21H2,1-5H3,(H,40,49)(H,41,48)(H,42,46)(H,43,47)/t25-,27+,30-/m1/s1. The summed E-state index contributed by atoms with van der Waals surface area (Å²) in [5.41, 5.74) is 0.125. The fourth-order valence-electron chi connectivity index (χ4n) is 7.00. The molecule has 3 heterocycles. The van der Waals surface area contributed by atoms with Crippen molar-refractivity contribution in [1.82, 2.24) is 36.1 Å². The van der Waals surface area contributed by atoms with Crippen LogP contribution in [0.3, 0.4) is 0 Å². The normalized spacial score (nSPS) is 20.5. The maximum atomic E-state index is 14.9. The zero-order valence-corrected chi connectivity index (χ0v) is 32.3. The average Bonchev–Trinajstić information content (AvgIpc) is 3.91. The molecule has 13 nitrogen and oxygen atoms in total. The van der Waals surface area contributed by atoms with Crippen LogP contribution in [0, 0.1) is 11.3 Å². The van der Waals surface area contributed by atoms with Gasteiger partial charge in [-0.1, -0.05) is 65.5 Å². The topological polar surface area (TPSA) is 180 Å². The number of carbonyl (C=O) groups excluding carboxylic acids is 6. The zero-order valence-electron chi connectivity index (χ0n) is 30.7. The molecule has 5 amide bonds. The number of amides is 5. The third kappa shape index (κ3) is 9.25. The van der Waals surface area contributed by atoms with Gasteiger partial charge in [-0.25, -0.2) is 4.98 Å². The van der Waals surface area contributed by atoms with Gasteiger partial charge in [-0.05, 0) is 61.0 Å². The number of hydrogen-bond donors (Lipinski definition) is 4. The summed E-state index contributed by atoms with van der Waals surface area (Å²) in [6.45, 7) is 9.45. The van der Waals surface area contributed by atoms with Gasteiger partial charge in [0.25, 0.3) is 17.7 Å². The van der Waals surface area contributed by atoms with Gasteiger partial charge in [0.2, 0.25) is 17.6 Å². The highest BCUT2D eigenvalue weighted by atomic mass is 32.2. The molecule has 1 aromatic heterocycles. The van der Waals surface area contributed by atoms with Crippen LogP contribution in [0.1, 0.15) is 96.5 Å². The fraction of sp³-hybridized carbons (Fsp3) is 0.622. The SMILES string of the molecule is CCC[C@@H](NC(=O)C1=C(C)C2(CN1C(=O)[C@@H](NC(=O)[C@@H](NC(=O)c1cnccn1)C1CCCCC1)C(C)(C)C)SCCCS2)C(=O)C(=O)NC1C=C1. The van der Waals surface area contributed by atoms with Crippen molar-refractivity contribution in [1.29, 1.82) is 0 Å². The van der Waals surface area contributed by atoms with Crippen molar-refractivity contribution in [3.8, 4) is 0 Å². The Morgan fingerprint density at radius 1 is 0.942 bits per heavy atom. The molecule has 5 rings (SSSR count). The van der Waals surface area contributed by atoms with Gasteiger partial charge in [0.15, 0.2) is 0 Å². The molecule has 1 aromatic rings. The van der Waals surface area contributed by atoms with E-state index in [-0.39, 0.29) is 36.3 Å². The number of Topliss-reactive ketones (excluding diaryl/α,β-unsaturated/α-hetero) is 1. The predicted molar refractivity (Wildman–Crippen MR) is 201 cm³/mol. The minimum Gasteiger partial charge on any atom is -0.342 e. The highest BCUT2D eigenvalue weighted by Gasteiger charge is 2.51. The van der Waals surface area contributed by atoms with Gasteiger partial charge < -0.3 is 26.2 Å². The van der Waals surface area contributed by atoms with Crippen molar-refractivity contribution in [2.45, 2.75) is 114 Å². The Balaban J connectivity index is 1.42. The molecule has 4 N–H and O–H groups in total. The molecule has 4 aliphatic rings. The first-order valence-electron chi connectivity index (χ1n) is 18.3. The average molecular weight is 754 g/mol. The molecule has 0 radical (unpaired) electrons. The molecule has 1 saturated carbocycles. The van der Waals surface area contributed by atoms with Crippen molar-refractivity contribution in [2.24, 2.45) is 11.3 Å². The van der Waals surface area contributed by atoms with E-state index in [0.29, 0.717) is 12.0 Å². The molecule has 282 valence electrons. The lowest BCUT2D eigenvalue weighted by molar-refractivity contribution is -0.141. The van der Waals surface area contributed by atoms with E-state index < -0.39 is 62.9 Å². The summed E-state index contributed by atoms with van der Waals surface area (Å²) in [4.78, 5) is 92.2. The molecule has 52 heavy (non-hydrogen) atoms. The molecule has 2 aliphatic carbocycles. The van der Waals surface area contributed by atoms with Gasteiger partial charge >= 0.3 is 0 Å². The number of carbonyl (C=O) groups is 6. The van der Waals surface area contributed by atoms with E-state index in [2.05, 4.69) is 31.2 Å². The van der Waals surface area contributed by atoms with Crippen LogP contribution in [0.25, 0.3) is 0 Å². The number of hydrogen-bond acceptors (Lipinski definition) is 10. The molecule has 0 bridgehead atoms. The van der Waals surface area contributed by atoms with Crippen LogP contribution in [0.2, 0.25) is 0 Å². The zero-order chi connectivity index (χ0) is 37.6. The Labute approximate surface area is 314 Å². The van der Waals surface area contributed by atoms with E-state index in [0.717, 1.165) is 50.0 Å². The number of aromatic nitrogens is 2. The number of ketones is 1. The quantitative estimate of drug-likeness (QED) is 0.173. The van der Waals surface area contributed by atoms with Gasteiger partial charge in [0.05, 0.1) is 24.8 Å². The lowest BCUT2D eigenvalue weighted by atomic mass is 9.82. The summed E-state index contributed by atoms with van der Waals surface area (Å²) in [7, 11) is 0. The summed E-state index contributed by atoms with van der Waals surface area (Å²) in [5.74, 6) is -2.05. The van der Waals surface area contributed by atoms with Crippen LogP contribution >= 0.6 is 23.5 Å². The second kappa shape index (κ2) is 17.0. The first kappa shape index (κ1) is 39.5. The van der Waals surface area contributed by atoms with E-state index in [1.54, 1.807) is 35.7 Å². The van der Waals surface area contributed by atoms with Gasteiger partial charge in [-0.3, -0.25) is 33.8 Å². The third-order valence-electron chi connectivity index (χ3n) is 9.99. The maximum Gasteiger partial charge on any atom is 0.290 e. The number of nitrogens with zero attached hydrogens (tertiary/aromatic N) is 3. The van der Waals surface area contributed by atoms with Crippen molar-refractivity contribution in [2.75, 3.05) is 18.1 Å². The summed E-state index contributed by atoms with van der Waals surface area (Å²) >= 11 is 3.37. The predicted octanol–water partition coefficient (Wildman–Crippen LogP) is 3.28. The first-order chi connectivity index (χ1) is 24.8. The van der Waals surface area contributed by atoms with Crippen molar-refractivity contribution < 1.29 is 28.8 Å². The van der Waals surface area contributed by atoms with E-state index in [4.69, 9.17) is 0 Å². The van der Waals surface area contributed by atoms with Crippen LogP contribution in [-0.4, -0.2) is 96.5 Å². The Hall–Kier alpha value is -3.72. The molecule has 1 saturated heterocycles. The lowest BCUT2D eigenvalue weighted by Crippen LogP contribution is -2.60. The first-order valence-corrected chi connectivity index (χ1v) is 20.2. The van der Waals surface area contributed by atoms with Gasteiger partial charge in [-0.2, -0.15) is 0 Å². The highest BCUT2D eigenvalue weighted by Crippen LogP contribution is 2.53. The molecule has 0 aromatic carbocycles. The fourth-order valence-corrected chi connectivity index (χ4v) is 10.3. The van der Waals surface area contributed by atoms with Crippen LogP contribution in [-0.2, 0) is 24.0 Å². The Bertz CT molecular complexity index is 1590. The smallest absolute Gasteiger partial charge is 0.290 e. The molecule has 0 unspecified atom stereocenters. The van der Waals surface area contributed by atoms with Crippen molar-refractivity contribution in [3.63, 3.8) is 0 Å². The maximum absolute atomic E-state index is 14.9. The second-order valence-electron chi connectivity index (χ2n) is 15.0. The summed E-state index contributed by atoms with van der Waals surface area (Å²) in [5, 5.41) is 11.3. The van der Waals surface area contributed by atoms with E-state index in [1.807, 2.05) is 34.6 Å². The summed E-state index contributed by atoms with van der Waals surface area (Å²) < 4.78 is -0.582. The minimum absolute atomic E-state index is 0.0854. The van der Waals surface area contributed by atoms with Crippen LogP contribution in [0.5, 0.6) is 0 Å². The van der Waals surface area contributed by atoms with E-state index in [9.17, 15) is 28.8 Å². The highest BCUT2D eigenvalue weighted by molar-refractivity contribution is 8.19. The minimum atomic E-state index is -1.08. The monoisotopic (exact) mass is 753 g/mol. The molecule has 1 spiro atoms. The van der Waals surface area contributed by atoms with Crippen molar-refractivity contribution >= 4 is 58.8 Å². The van der Waals surface area contributed by atoms with Crippen LogP contribution < -0.4 is 21.3 Å². The molecule has 15 heteroatoms. The Morgan fingerprint density at radius 2 is 1.63 bits per heavy atom. The third-order valence-corrected chi connectivity index (χ3v) is 13.5.